The van der Waals surface area contributed by atoms with Crippen LogP contribution in [0.5, 0.6) is 0 Å². The van der Waals surface area contributed by atoms with Gasteiger partial charge in [0.1, 0.15) is 0 Å². The second-order valence-electron chi connectivity index (χ2n) is 4.42. The number of rotatable bonds is 6. The van der Waals surface area contributed by atoms with Crippen molar-refractivity contribution < 1.29 is 14.3 Å². The molecule has 0 amide bonds. The number of ketones is 1. The van der Waals surface area contributed by atoms with E-state index in [1.54, 1.807) is 22.6 Å². The van der Waals surface area contributed by atoms with Gasteiger partial charge >= 0.3 is 0 Å². The molecule has 5 heteroatoms. The molecule has 0 aliphatic carbocycles. The summed E-state index contributed by atoms with van der Waals surface area (Å²) in [5.74, 6) is -0.221. The van der Waals surface area contributed by atoms with Crippen LogP contribution in [0.2, 0.25) is 0 Å². The molecule has 0 aliphatic heterocycles. The molecule has 88 valence electrons. The minimum Gasteiger partial charge on any atom is -0.354 e. The molecule has 2 N–H and O–H groups in total. The molecule has 1 unspecified atom stereocenters. The SMILES string of the molecule is CC(=O)C(C)(N)OCCC(C)(C)C(=O)I. The third kappa shape index (κ3) is 5.03. The monoisotopic (exact) mass is 327 g/mol. The fraction of sp³-hybridized carbons (Fsp3) is 0.800. The van der Waals surface area contributed by atoms with E-state index in [4.69, 9.17) is 10.5 Å². The summed E-state index contributed by atoms with van der Waals surface area (Å²) in [7, 11) is 0. The zero-order chi connectivity index (χ0) is 12.3. The first kappa shape index (κ1) is 15.0. The zero-order valence-corrected chi connectivity index (χ0v) is 11.8. The van der Waals surface area contributed by atoms with Crippen molar-refractivity contribution in [2.45, 2.75) is 39.8 Å². The van der Waals surface area contributed by atoms with Crippen molar-refractivity contribution >= 4 is 32.2 Å². The molecule has 15 heavy (non-hydrogen) atoms. The molecule has 0 bridgehead atoms. The Balaban J connectivity index is 4.11. The van der Waals surface area contributed by atoms with Gasteiger partial charge in [-0.15, -0.1) is 0 Å². The number of halogens is 1. The molecule has 0 aliphatic rings. The molecule has 0 fully saturated rings. The van der Waals surface area contributed by atoms with Crippen LogP contribution in [0.1, 0.15) is 34.1 Å². The van der Waals surface area contributed by atoms with Crippen LogP contribution in [0.4, 0.5) is 0 Å². The van der Waals surface area contributed by atoms with Crippen LogP contribution in [-0.4, -0.2) is 21.9 Å². The van der Waals surface area contributed by atoms with E-state index in [1.807, 2.05) is 13.8 Å². The lowest BCUT2D eigenvalue weighted by Gasteiger charge is -2.25. The molecule has 0 rings (SSSR count). The third-order valence-electron chi connectivity index (χ3n) is 2.36. The van der Waals surface area contributed by atoms with Gasteiger partial charge in [0.2, 0.25) is 0 Å². The van der Waals surface area contributed by atoms with Crippen LogP contribution in [0, 0.1) is 5.41 Å². The van der Waals surface area contributed by atoms with E-state index in [1.165, 1.54) is 13.8 Å². The smallest absolute Gasteiger partial charge is 0.198 e. The van der Waals surface area contributed by atoms with Crippen molar-refractivity contribution in [3.8, 4) is 0 Å². The van der Waals surface area contributed by atoms with Gasteiger partial charge in [0.15, 0.2) is 15.3 Å². The number of nitrogens with two attached hydrogens (primary N) is 1. The van der Waals surface area contributed by atoms with Gasteiger partial charge in [0, 0.05) is 28.0 Å². The van der Waals surface area contributed by atoms with Crippen molar-refractivity contribution in [2.75, 3.05) is 6.61 Å². The van der Waals surface area contributed by atoms with Gasteiger partial charge in [-0.3, -0.25) is 15.3 Å². The van der Waals surface area contributed by atoms with Crippen LogP contribution in [0.25, 0.3) is 0 Å². The number of ether oxygens (including phenoxy) is 1. The molecule has 0 saturated heterocycles. The van der Waals surface area contributed by atoms with Crippen LogP contribution >= 0.6 is 22.6 Å². The first-order chi connectivity index (χ1) is 6.59. The predicted molar refractivity (Wildman–Crippen MR) is 66.7 cm³/mol. The summed E-state index contributed by atoms with van der Waals surface area (Å²) >= 11 is 1.77. The Kier molecular flexibility index (Phi) is 5.35. The van der Waals surface area contributed by atoms with Crippen LogP contribution < -0.4 is 5.73 Å². The summed E-state index contributed by atoms with van der Waals surface area (Å²) in [6, 6.07) is 0. The molecule has 0 saturated carbocycles. The Bertz CT molecular complexity index is 235. The first-order valence-electron chi connectivity index (χ1n) is 4.73. The second kappa shape index (κ2) is 5.36. The molecule has 0 aromatic heterocycles. The highest BCUT2D eigenvalue weighted by molar-refractivity contribution is 14.1. The minimum absolute atomic E-state index is 0.0743. The molecule has 0 aromatic carbocycles. The molecule has 0 aromatic rings. The van der Waals surface area contributed by atoms with Crippen molar-refractivity contribution in [2.24, 2.45) is 11.1 Å². The highest BCUT2D eigenvalue weighted by atomic mass is 127. The predicted octanol–water partition coefficient (Wildman–Crippen LogP) is 1.64. The van der Waals surface area contributed by atoms with Gasteiger partial charge in [0.05, 0.1) is 6.61 Å². The van der Waals surface area contributed by atoms with Crippen molar-refractivity contribution in [1.82, 2.24) is 0 Å². The topological polar surface area (TPSA) is 69.4 Å². The summed E-state index contributed by atoms with van der Waals surface area (Å²) in [6.07, 6.45) is 0.550. The van der Waals surface area contributed by atoms with E-state index in [0.717, 1.165) is 0 Å². The molecule has 0 spiro atoms. The van der Waals surface area contributed by atoms with E-state index in [9.17, 15) is 9.59 Å². The standard InChI is InChI=1S/C10H18INO3/c1-7(13)10(4,12)15-6-5-9(2,3)8(11)14/h5-6,12H2,1-4H3. The average Bonchev–Trinajstić information content (AvgIpc) is 2.02. The summed E-state index contributed by atoms with van der Waals surface area (Å²) in [6.45, 7) is 6.89. The van der Waals surface area contributed by atoms with Gasteiger partial charge in [-0.2, -0.15) is 0 Å². The maximum atomic E-state index is 11.2. The number of hydrogen-bond donors (Lipinski definition) is 1. The molecular weight excluding hydrogens is 309 g/mol. The fourth-order valence-electron chi connectivity index (χ4n) is 0.718. The fourth-order valence-corrected chi connectivity index (χ4v) is 0.988. The Morgan fingerprint density at radius 2 is 1.80 bits per heavy atom. The summed E-state index contributed by atoms with van der Waals surface area (Å²) < 4.78 is 5.32. The summed E-state index contributed by atoms with van der Waals surface area (Å²) in [5.41, 5.74) is 3.92. The minimum atomic E-state index is -1.25. The average molecular weight is 327 g/mol. The van der Waals surface area contributed by atoms with Gasteiger partial charge in [-0.05, 0) is 20.3 Å². The summed E-state index contributed by atoms with van der Waals surface area (Å²) in [5, 5.41) is 0. The molecule has 4 nitrogen and oxygen atoms in total. The van der Waals surface area contributed by atoms with Crippen molar-refractivity contribution in [1.29, 1.82) is 0 Å². The Labute approximate surface area is 104 Å². The van der Waals surface area contributed by atoms with Gasteiger partial charge in [0.25, 0.3) is 0 Å². The highest BCUT2D eigenvalue weighted by Crippen LogP contribution is 2.25. The van der Waals surface area contributed by atoms with Crippen LogP contribution in [0.3, 0.4) is 0 Å². The zero-order valence-electron chi connectivity index (χ0n) is 9.59. The van der Waals surface area contributed by atoms with Crippen molar-refractivity contribution in [3.63, 3.8) is 0 Å². The third-order valence-corrected chi connectivity index (χ3v) is 3.82. The quantitative estimate of drug-likeness (QED) is 0.457. The molecule has 0 heterocycles. The number of carbonyl (C=O) groups is 2. The van der Waals surface area contributed by atoms with E-state index in [-0.39, 0.29) is 9.57 Å². The number of hydrogen-bond acceptors (Lipinski definition) is 4. The lowest BCUT2D eigenvalue weighted by atomic mass is 9.92. The first-order valence-corrected chi connectivity index (χ1v) is 5.81. The normalized spacial score (nSPS) is 15.9. The Hall–Kier alpha value is -0.0100. The second-order valence-corrected chi connectivity index (χ2v) is 5.40. The summed E-state index contributed by atoms with van der Waals surface area (Å²) in [4.78, 5) is 22.2. The molecule has 1 atom stereocenters. The maximum Gasteiger partial charge on any atom is 0.198 e. The lowest BCUT2D eigenvalue weighted by molar-refractivity contribution is -0.140. The van der Waals surface area contributed by atoms with E-state index in [0.29, 0.717) is 13.0 Å². The largest absolute Gasteiger partial charge is 0.354 e. The van der Waals surface area contributed by atoms with Gasteiger partial charge in [-0.1, -0.05) is 13.8 Å². The maximum absolute atomic E-state index is 11.2. The van der Waals surface area contributed by atoms with E-state index < -0.39 is 11.1 Å². The van der Waals surface area contributed by atoms with Crippen molar-refractivity contribution in [3.05, 3.63) is 0 Å². The van der Waals surface area contributed by atoms with E-state index in [2.05, 4.69) is 0 Å². The highest BCUT2D eigenvalue weighted by Gasteiger charge is 2.29. The Morgan fingerprint density at radius 3 is 2.13 bits per heavy atom. The molecule has 0 radical (unpaired) electrons. The van der Waals surface area contributed by atoms with Gasteiger partial charge < -0.3 is 4.74 Å². The number of carbonyl (C=O) groups excluding carboxylic acids is 2. The van der Waals surface area contributed by atoms with Gasteiger partial charge in [-0.25, -0.2) is 0 Å². The van der Waals surface area contributed by atoms with E-state index >= 15 is 0 Å². The number of Topliss-reactive ketones (excluding diaryl/α,β-unsaturated/α-hetero) is 1. The lowest BCUT2D eigenvalue weighted by Crippen LogP contribution is -2.46. The molecular formula is C10H18INO3. The van der Waals surface area contributed by atoms with Crippen LogP contribution in [0.15, 0.2) is 0 Å². The van der Waals surface area contributed by atoms with Crippen LogP contribution in [-0.2, 0) is 14.3 Å². The Morgan fingerprint density at radius 1 is 1.33 bits per heavy atom.